The molecule has 1 rings (SSSR count). The summed E-state index contributed by atoms with van der Waals surface area (Å²) in [5.74, 6) is 0.188. The van der Waals surface area contributed by atoms with E-state index in [9.17, 15) is 4.39 Å². The van der Waals surface area contributed by atoms with E-state index in [2.05, 4.69) is 15.9 Å². The number of alkyl halides is 2. The quantitative estimate of drug-likeness (QED) is 0.752. The average molecular weight is 282 g/mol. The fourth-order valence-corrected chi connectivity index (χ4v) is 1.85. The number of halogens is 3. The predicted molar refractivity (Wildman–Crippen MR) is 59.5 cm³/mol. The predicted octanol–water partition coefficient (Wildman–Crippen LogP) is 3.34. The summed E-state index contributed by atoms with van der Waals surface area (Å²) >= 11 is 8.92. The summed E-state index contributed by atoms with van der Waals surface area (Å²) in [6.45, 7) is 0.390. The zero-order valence-corrected chi connectivity index (χ0v) is 9.89. The molecular weight excluding hydrogens is 270 g/mol. The Morgan fingerprint density at radius 2 is 2.29 bits per heavy atom. The topological polar surface area (TPSA) is 9.23 Å². The maximum absolute atomic E-state index is 12.8. The Hall–Kier alpha value is -0.120. The van der Waals surface area contributed by atoms with E-state index in [1.807, 2.05) is 6.07 Å². The zero-order valence-electron chi connectivity index (χ0n) is 7.55. The van der Waals surface area contributed by atoms with Crippen LogP contribution in [0.5, 0.6) is 0 Å². The van der Waals surface area contributed by atoms with Gasteiger partial charge in [0.1, 0.15) is 5.82 Å². The average Bonchev–Trinajstić information content (AvgIpc) is 2.19. The van der Waals surface area contributed by atoms with Crippen molar-refractivity contribution in [3.05, 3.63) is 35.6 Å². The fraction of sp³-hybridized carbons (Fsp3) is 0.400. The van der Waals surface area contributed by atoms with Crippen LogP contribution in [0.3, 0.4) is 0 Å². The minimum Gasteiger partial charge on any atom is -0.371 e. The van der Waals surface area contributed by atoms with Gasteiger partial charge in [0.2, 0.25) is 0 Å². The molecule has 0 aliphatic heterocycles. The van der Waals surface area contributed by atoms with Crippen molar-refractivity contribution in [2.24, 2.45) is 0 Å². The largest absolute Gasteiger partial charge is 0.371 e. The summed E-state index contributed by atoms with van der Waals surface area (Å²) < 4.78 is 18.2. The summed E-state index contributed by atoms with van der Waals surface area (Å²) in [6.07, 6.45) is -0.0278. The number of hydrogen-bond donors (Lipinski definition) is 0. The first-order chi connectivity index (χ1) is 6.76. The van der Waals surface area contributed by atoms with Crippen LogP contribution in [0.4, 0.5) is 4.39 Å². The van der Waals surface area contributed by atoms with Crippen LogP contribution in [0.2, 0.25) is 0 Å². The van der Waals surface area contributed by atoms with Crippen molar-refractivity contribution in [1.82, 2.24) is 0 Å². The first kappa shape index (κ1) is 12.0. The van der Waals surface area contributed by atoms with Crippen LogP contribution in [0.1, 0.15) is 5.56 Å². The first-order valence-electron chi connectivity index (χ1n) is 4.24. The molecule has 1 aromatic carbocycles. The molecule has 78 valence electrons. The Kier molecular flexibility index (Phi) is 5.45. The minimum absolute atomic E-state index is 0.0278. The molecule has 1 nitrogen and oxygen atoms in total. The number of ether oxygens (including phenoxy) is 1. The van der Waals surface area contributed by atoms with E-state index in [4.69, 9.17) is 16.3 Å². The van der Waals surface area contributed by atoms with Gasteiger partial charge in [-0.2, -0.15) is 0 Å². The molecule has 0 amide bonds. The highest BCUT2D eigenvalue weighted by atomic mass is 79.9. The molecule has 4 heteroatoms. The normalized spacial score (nSPS) is 12.8. The molecule has 14 heavy (non-hydrogen) atoms. The molecule has 0 aliphatic carbocycles. The van der Waals surface area contributed by atoms with Gasteiger partial charge < -0.3 is 4.74 Å². The highest BCUT2D eigenvalue weighted by Gasteiger charge is 2.05. The van der Waals surface area contributed by atoms with Crippen LogP contribution in [0.25, 0.3) is 0 Å². The van der Waals surface area contributed by atoms with E-state index in [1.54, 1.807) is 6.07 Å². The zero-order chi connectivity index (χ0) is 10.4. The van der Waals surface area contributed by atoms with Gasteiger partial charge in [-0.1, -0.05) is 28.1 Å². The lowest BCUT2D eigenvalue weighted by atomic mass is 10.2. The molecule has 0 radical (unpaired) electrons. The summed E-state index contributed by atoms with van der Waals surface area (Å²) in [6, 6.07) is 6.35. The van der Waals surface area contributed by atoms with Gasteiger partial charge in [0.25, 0.3) is 0 Å². The van der Waals surface area contributed by atoms with Crippen molar-refractivity contribution in [1.29, 1.82) is 0 Å². The van der Waals surface area contributed by atoms with Crippen molar-refractivity contribution in [2.75, 3.05) is 11.2 Å². The van der Waals surface area contributed by atoms with Gasteiger partial charge in [-0.25, -0.2) is 4.39 Å². The van der Waals surface area contributed by atoms with Gasteiger partial charge in [0, 0.05) is 11.2 Å². The van der Waals surface area contributed by atoms with E-state index in [1.165, 1.54) is 12.1 Å². The Balaban J connectivity index is 2.44. The lowest BCUT2D eigenvalue weighted by Gasteiger charge is -2.11. The molecule has 0 bridgehead atoms. The number of hydrogen-bond acceptors (Lipinski definition) is 1. The van der Waals surface area contributed by atoms with E-state index in [0.717, 1.165) is 5.56 Å². The monoisotopic (exact) mass is 280 g/mol. The van der Waals surface area contributed by atoms with Gasteiger partial charge in [-0.15, -0.1) is 11.6 Å². The molecule has 0 heterocycles. The molecular formula is C10H11BrClFO. The second kappa shape index (κ2) is 6.38. The standard InChI is InChI=1S/C10H11BrClFO/c11-5-10(6-12)14-7-8-2-1-3-9(13)4-8/h1-4,10H,5-7H2/t10-/m0/s1. The molecule has 0 spiro atoms. The van der Waals surface area contributed by atoms with Gasteiger partial charge in [-0.05, 0) is 17.7 Å². The Labute approximate surface area is 96.3 Å². The molecule has 0 aliphatic rings. The Morgan fingerprint density at radius 3 is 2.86 bits per heavy atom. The lowest BCUT2D eigenvalue weighted by Crippen LogP contribution is -2.16. The van der Waals surface area contributed by atoms with Crippen LogP contribution in [-0.2, 0) is 11.3 Å². The van der Waals surface area contributed by atoms with Gasteiger partial charge in [0.15, 0.2) is 0 Å². The highest BCUT2D eigenvalue weighted by Crippen LogP contribution is 2.08. The number of benzene rings is 1. The minimum atomic E-state index is -0.243. The van der Waals surface area contributed by atoms with Crippen LogP contribution in [0.15, 0.2) is 24.3 Å². The van der Waals surface area contributed by atoms with Crippen molar-refractivity contribution in [2.45, 2.75) is 12.7 Å². The Bertz CT molecular complexity index is 279. The van der Waals surface area contributed by atoms with Crippen LogP contribution in [-0.4, -0.2) is 17.3 Å². The van der Waals surface area contributed by atoms with Crippen molar-refractivity contribution in [3.63, 3.8) is 0 Å². The molecule has 0 saturated heterocycles. The van der Waals surface area contributed by atoms with Crippen molar-refractivity contribution < 1.29 is 9.13 Å². The molecule has 0 N–H and O–H groups in total. The van der Waals surface area contributed by atoms with E-state index < -0.39 is 0 Å². The second-order valence-electron chi connectivity index (χ2n) is 2.87. The maximum atomic E-state index is 12.8. The molecule has 0 aromatic heterocycles. The second-order valence-corrected chi connectivity index (χ2v) is 3.83. The van der Waals surface area contributed by atoms with Crippen molar-refractivity contribution in [3.8, 4) is 0 Å². The van der Waals surface area contributed by atoms with E-state index in [0.29, 0.717) is 17.8 Å². The molecule has 0 saturated carbocycles. The summed E-state index contributed by atoms with van der Waals surface area (Å²) in [5, 5.41) is 0.686. The number of rotatable bonds is 5. The third-order valence-corrected chi connectivity index (χ3v) is 2.79. The molecule has 1 atom stereocenters. The molecule has 0 unspecified atom stereocenters. The maximum Gasteiger partial charge on any atom is 0.123 e. The van der Waals surface area contributed by atoms with Crippen molar-refractivity contribution >= 4 is 27.5 Å². The van der Waals surface area contributed by atoms with Gasteiger partial charge >= 0.3 is 0 Å². The van der Waals surface area contributed by atoms with Gasteiger partial charge in [0.05, 0.1) is 12.7 Å². The third kappa shape index (κ3) is 3.95. The third-order valence-electron chi connectivity index (χ3n) is 1.72. The van der Waals surface area contributed by atoms with Gasteiger partial charge in [-0.3, -0.25) is 0 Å². The highest BCUT2D eigenvalue weighted by molar-refractivity contribution is 9.09. The SMILES string of the molecule is Fc1cccc(CO[C@H](CCl)CBr)c1. The summed E-state index contributed by atoms with van der Waals surface area (Å²) in [7, 11) is 0. The summed E-state index contributed by atoms with van der Waals surface area (Å²) in [5.41, 5.74) is 0.820. The molecule has 1 aromatic rings. The first-order valence-corrected chi connectivity index (χ1v) is 5.90. The lowest BCUT2D eigenvalue weighted by molar-refractivity contribution is 0.0716. The van der Waals surface area contributed by atoms with Crippen LogP contribution >= 0.6 is 27.5 Å². The smallest absolute Gasteiger partial charge is 0.123 e. The van der Waals surface area contributed by atoms with E-state index in [-0.39, 0.29) is 11.9 Å². The van der Waals surface area contributed by atoms with E-state index >= 15 is 0 Å². The van der Waals surface area contributed by atoms with Crippen LogP contribution < -0.4 is 0 Å². The van der Waals surface area contributed by atoms with Crippen LogP contribution in [0, 0.1) is 5.82 Å². The summed E-state index contributed by atoms with van der Waals surface area (Å²) in [4.78, 5) is 0. The Morgan fingerprint density at radius 1 is 1.50 bits per heavy atom. The molecule has 0 fully saturated rings. The fourth-order valence-electron chi connectivity index (χ4n) is 0.971.